The number of hydrogen-bond donors (Lipinski definition) is 2. The van der Waals surface area contributed by atoms with Gasteiger partial charge in [-0.3, -0.25) is 4.68 Å². The highest BCUT2D eigenvalue weighted by Crippen LogP contribution is 2.51. The first kappa shape index (κ1) is 15.2. The van der Waals surface area contributed by atoms with E-state index >= 15 is 0 Å². The zero-order chi connectivity index (χ0) is 15.3. The third kappa shape index (κ3) is 2.69. The highest BCUT2D eigenvalue weighted by Gasteiger charge is 2.49. The van der Waals surface area contributed by atoms with Gasteiger partial charge < -0.3 is 5.32 Å². The number of hydrogen-bond acceptors (Lipinski definition) is 3. The summed E-state index contributed by atoms with van der Waals surface area (Å²) in [7, 11) is 0.903. The lowest BCUT2D eigenvalue weighted by Gasteiger charge is -2.40. The number of rotatable bonds is 2. The van der Waals surface area contributed by atoms with Crippen molar-refractivity contribution in [1.82, 2.24) is 19.8 Å². The summed E-state index contributed by atoms with van der Waals surface area (Å²) in [5.74, 6) is 0. The Labute approximate surface area is 129 Å². The third-order valence-corrected chi connectivity index (χ3v) is 6.32. The number of aromatic nitrogens is 2. The largest absolute Gasteiger partial charge is 0.317 e. The minimum Gasteiger partial charge on any atom is -0.317 e. The predicted octanol–water partition coefficient (Wildman–Crippen LogP) is 1.44. The van der Waals surface area contributed by atoms with Crippen LogP contribution in [0, 0.1) is 5.41 Å². The molecule has 5 nitrogen and oxygen atoms in total. The molecule has 6 heteroatoms. The minimum absolute atomic E-state index is 0.156. The quantitative estimate of drug-likeness (QED) is 0.869. The molecule has 1 aliphatic carbocycles. The van der Waals surface area contributed by atoms with Crippen molar-refractivity contribution in [2.45, 2.75) is 50.8 Å². The lowest BCUT2D eigenvalue weighted by molar-refractivity contribution is 0.162. The molecule has 118 valence electrons. The molecule has 0 amide bonds. The van der Waals surface area contributed by atoms with Gasteiger partial charge >= 0.3 is 0 Å². The van der Waals surface area contributed by atoms with E-state index in [-0.39, 0.29) is 16.2 Å². The Morgan fingerprint density at radius 3 is 2.71 bits per heavy atom. The molecule has 1 fully saturated rings. The fourth-order valence-electron chi connectivity index (χ4n) is 3.56. The van der Waals surface area contributed by atoms with Gasteiger partial charge in [0.1, 0.15) is 0 Å². The predicted molar refractivity (Wildman–Crippen MR) is 85.2 cm³/mol. The van der Waals surface area contributed by atoms with Gasteiger partial charge in [-0.2, -0.15) is 5.10 Å². The standard InChI is InChI=1S/C15H26N4OS/c1-14(2,3)21(20)18-13-11-10-19(4)17-12(11)9-15(13)5-7-16-8-6-15/h10,13,16,18H,5-9H2,1-4H3/t13-,21?/m0/s1. The Bertz CT molecular complexity index is 555. The topological polar surface area (TPSA) is 59.0 Å². The Kier molecular flexibility index (Phi) is 3.74. The van der Waals surface area contributed by atoms with Gasteiger partial charge in [0, 0.05) is 18.8 Å². The number of fused-ring (bicyclic) bond motifs is 1. The maximum absolute atomic E-state index is 12.6. The monoisotopic (exact) mass is 310 g/mol. The van der Waals surface area contributed by atoms with E-state index < -0.39 is 11.0 Å². The normalized spacial score (nSPS) is 26.0. The zero-order valence-electron chi connectivity index (χ0n) is 13.4. The molecule has 1 spiro atoms. The van der Waals surface area contributed by atoms with Crippen molar-refractivity contribution in [3.8, 4) is 0 Å². The minimum atomic E-state index is -1.06. The van der Waals surface area contributed by atoms with E-state index in [1.807, 2.05) is 32.5 Å². The molecule has 0 bridgehead atoms. The second-order valence-electron chi connectivity index (χ2n) is 7.43. The van der Waals surface area contributed by atoms with Crippen molar-refractivity contribution >= 4 is 11.0 Å². The van der Waals surface area contributed by atoms with Gasteiger partial charge in [0.05, 0.1) is 27.5 Å². The number of piperidine rings is 1. The molecule has 2 aliphatic rings. The molecule has 21 heavy (non-hydrogen) atoms. The van der Waals surface area contributed by atoms with Crippen LogP contribution in [0.15, 0.2) is 6.20 Å². The first-order valence-corrected chi connectivity index (χ1v) is 8.88. The number of nitrogens with one attached hydrogen (secondary N) is 2. The van der Waals surface area contributed by atoms with Crippen LogP contribution < -0.4 is 10.0 Å². The van der Waals surface area contributed by atoms with Crippen molar-refractivity contribution in [3.63, 3.8) is 0 Å². The van der Waals surface area contributed by atoms with E-state index in [1.54, 1.807) is 0 Å². The summed E-state index contributed by atoms with van der Waals surface area (Å²) in [6.45, 7) is 8.13. The van der Waals surface area contributed by atoms with Crippen LogP contribution in [0.2, 0.25) is 0 Å². The molecule has 0 saturated carbocycles. The fraction of sp³-hybridized carbons (Fsp3) is 0.800. The molecule has 1 saturated heterocycles. The first-order valence-electron chi connectivity index (χ1n) is 7.73. The summed E-state index contributed by atoms with van der Waals surface area (Å²) in [5.41, 5.74) is 2.61. The van der Waals surface area contributed by atoms with Crippen LogP contribution in [-0.2, 0) is 24.5 Å². The van der Waals surface area contributed by atoms with E-state index in [4.69, 9.17) is 0 Å². The SMILES string of the molecule is Cn1cc2c(n1)CC1(CCNCC1)[C@H]2NS(=O)C(C)(C)C. The fourth-order valence-corrected chi connectivity index (χ4v) is 4.50. The Morgan fingerprint density at radius 2 is 2.10 bits per heavy atom. The summed E-state index contributed by atoms with van der Waals surface area (Å²) in [6.07, 6.45) is 5.34. The van der Waals surface area contributed by atoms with Crippen LogP contribution in [-0.4, -0.2) is 31.8 Å². The van der Waals surface area contributed by atoms with Gasteiger partial charge in [-0.05, 0) is 58.5 Å². The van der Waals surface area contributed by atoms with Gasteiger partial charge in [-0.15, -0.1) is 0 Å². The van der Waals surface area contributed by atoms with Crippen LogP contribution in [0.4, 0.5) is 0 Å². The van der Waals surface area contributed by atoms with Crippen molar-refractivity contribution < 1.29 is 4.21 Å². The lowest BCUT2D eigenvalue weighted by atomic mass is 9.74. The van der Waals surface area contributed by atoms with Crippen LogP contribution >= 0.6 is 0 Å². The molecule has 2 heterocycles. The van der Waals surface area contributed by atoms with Crippen LogP contribution in [0.25, 0.3) is 0 Å². The maximum Gasteiger partial charge on any atom is 0.0976 e. The smallest absolute Gasteiger partial charge is 0.0976 e. The summed E-state index contributed by atoms with van der Waals surface area (Å²) < 4.78 is 17.7. The highest BCUT2D eigenvalue weighted by molar-refractivity contribution is 7.84. The number of nitrogens with zero attached hydrogens (tertiary/aromatic N) is 2. The molecule has 0 aromatic carbocycles. The summed E-state index contributed by atoms with van der Waals surface area (Å²) in [4.78, 5) is 0. The molecule has 3 rings (SSSR count). The van der Waals surface area contributed by atoms with Gasteiger partial charge in [0.25, 0.3) is 0 Å². The Morgan fingerprint density at radius 1 is 1.43 bits per heavy atom. The molecule has 1 aromatic rings. The Balaban J connectivity index is 1.92. The van der Waals surface area contributed by atoms with E-state index in [2.05, 4.69) is 21.3 Å². The van der Waals surface area contributed by atoms with Crippen molar-refractivity contribution in [3.05, 3.63) is 17.5 Å². The van der Waals surface area contributed by atoms with E-state index in [1.165, 1.54) is 11.3 Å². The molecule has 1 aromatic heterocycles. The van der Waals surface area contributed by atoms with E-state index in [0.717, 1.165) is 32.4 Å². The molecule has 2 atom stereocenters. The van der Waals surface area contributed by atoms with Gasteiger partial charge in [-0.1, -0.05) is 0 Å². The van der Waals surface area contributed by atoms with Gasteiger partial charge in [-0.25, -0.2) is 8.93 Å². The highest BCUT2D eigenvalue weighted by atomic mass is 32.2. The van der Waals surface area contributed by atoms with Crippen molar-refractivity contribution in [2.24, 2.45) is 12.5 Å². The van der Waals surface area contributed by atoms with Crippen LogP contribution in [0.3, 0.4) is 0 Å². The van der Waals surface area contributed by atoms with Crippen LogP contribution in [0.5, 0.6) is 0 Å². The van der Waals surface area contributed by atoms with E-state index in [9.17, 15) is 4.21 Å². The second kappa shape index (κ2) is 5.18. The van der Waals surface area contributed by atoms with Crippen molar-refractivity contribution in [1.29, 1.82) is 0 Å². The summed E-state index contributed by atoms with van der Waals surface area (Å²) in [6, 6.07) is 0.156. The first-order chi connectivity index (χ1) is 9.82. The summed E-state index contributed by atoms with van der Waals surface area (Å²) in [5, 5.41) is 8.06. The molecular formula is C15H26N4OS. The second-order valence-corrected chi connectivity index (χ2v) is 9.42. The third-order valence-electron chi connectivity index (χ3n) is 4.76. The Hall–Kier alpha value is -0.720. The number of aryl methyl sites for hydroxylation is 1. The summed E-state index contributed by atoms with van der Waals surface area (Å²) >= 11 is 0. The average molecular weight is 310 g/mol. The van der Waals surface area contributed by atoms with Crippen LogP contribution in [0.1, 0.15) is 50.9 Å². The lowest BCUT2D eigenvalue weighted by Crippen LogP contribution is -2.46. The molecule has 1 aliphatic heterocycles. The molecule has 0 radical (unpaired) electrons. The molecular weight excluding hydrogens is 284 g/mol. The average Bonchev–Trinajstić information content (AvgIpc) is 2.86. The van der Waals surface area contributed by atoms with Gasteiger partial charge in [0.2, 0.25) is 0 Å². The molecule has 2 N–H and O–H groups in total. The maximum atomic E-state index is 12.6. The van der Waals surface area contributed by atoms with Crippen molar-refractivity contribution in [2.75, 3.05) is 13.1 Å². The zero-order valence-corrected chi connectivity index (χ0v) is 14.2. The molecule has 1 unspecified atom stereocenters. The van der Waals surface area contributed by atoms with Gasteiger partial charge in [0.15, 0.2) is 0 Å². The van der Waals surface area contributed by atoms with E-state index in [0.29, 0.717) is 0 Å².